The lowest BCUT2D eigenvalue weighted by Crippen LogP contribution is -2.06. The van der Waals surface area contributed by atoms with E-state index < -0.39 is 0 Å². The smallest absolute Gasteiger partial charge is 0.251 e. The number of hydrogen-bond acceptors (Lipinski definition) is 6. The van der Waals surface area contributed by atoms with Crippen LogP contribution in [0.2, 0.25) is 0 Å². The van der Waals surface area contributed by atoms with Crippen molar-refractivity contribution in [3.63, 3.8) is 0 Å². The maximum absolute atomic E-state index is 11.2. The molecule has 0 unspecified atom stereocenters. The first kappa shape index (κ1) is 12.6. The van der Waals surface area contributed by atoms with E-state index in [1.54, 1.807) is 0 Å². The first-order valence-corrected chi connectivity index (χ1v) is 6.32. The molecule has 0 aliphatic rings. The van der Waals surface area contributed by atoms with E-state index in [4.69, 9.17) is 0 Å². The molecule has 0 aromatic carbocycles. The molecule has 6 nitrogen and oxygen atoms in total. The predicted molar refractivity (Wildman–Crippen MR) is 69.9 cm³/mol. The highest BCUT2D eigenvalue weighted by atomic mass is 32.2. The van der Waals surface area contributed by atoms with E-state index in [9.17, 15) is 4.79 Å². The van der Waals surface area contributed by atoms with Gasteiger partial charge >= 0.3 is 0 Å². The summed E-state index contributed by atoms with van der Waals surface area (Å²) in [6.45, 7) is 4.64. The average Bonchev–Trinajstić information content (AvgIpc) is 2.28. The Morgan fingerprint density at radius 1 is 1.44 bits per heavy atom. The van der Waals surface area contributed by atoms with E-state index in [2.05, 4.69) is 25.3 Å². The molecule has 94 valence electrons. The molecule has 0 amide bonds. The Balaban J connectivity index is 2.25. The van der Waals surface area contributed by atoms with Gasteiger partial charge in [-0.3, -0.25) is 4.79 Å². The van der Waals surface area contributed by atoms with Crippen LogP contribution in [0.3, 0.4) is 0 Å². The van der Waals surface area contributed by atoms with Gasteiger partial charge in [-0.15, -0.1) is 0 Å². The van der Waals surface area contributed by atoms with Crippen molar-refractivity contribution in [3.8, 4) is 0 Å². The molecule has 0 aliphatic carbocycles. The zero-order valence-electron chi connectivity index (χ0n) is 10.1. The summed E-state index contributed by atoms with van der Waals surface area (Å²) < 4.78 is 0. The van der Waals surface area contributed by atoms with Crippen molar-refractivity contribution in [2.24, 2.45) is 0 Å². The summed E-state index contributed by atoms with van der Waals surface area (Å²) in [6, 6.07) is 3.22. The third-order valence-electron chi connectivity index (χ3n) is 2.01. The molecule has 0 aliphatic heterocycles. The van der Waals surface area contributed by atoms with Crippen LogP contribution in [0.1, 0.15) is 12.6 Å². The third kappa shape index (κ3) is 3.30. The molecule has 0 bridgehead atoms. The minimum absolute atomic E-state index is 0.176. The largest absolute Gasteiger partial charge is 0.354 e. The van der Waals surface area contributed by atoms with Gasteiger partial charge in [0.2, 0.25) is 5.95 Å². The molecule has 2 N–H and O–H groups in total. The highest BCUT2D eigenvalue weighted by Gasteiger charge is 2.05. The molecule has 0 atom stereocenters. The maximum atomic E-state index is 11.2. The molecule has 2 aromatic rings. The number of aromatic amines is 1. The van der Waals surface area contributed by atoms with Crippen molar-refractivity contribution >= 4 is 17.7 Å². The number of nitrogens with zero attached hydrogens (tertiary/aromatic N) is 3. The Labute approximate surface area is 108 Å². The van der Waals surface area contributed by atoms with Gasteiger partial charge < -0.3 is 10.3 Å². The number of hydrogen-bond donors (Lipinski definition) is 2. The van der Waals surface area contributed by atoms with Crippen molar-refractivity contribution in [1.82, 2.24) is 19.9 Å². The molecule has 2 aromatic heterocycles. The van der Waals surface area contributed by atoms with Gasteiger partial charge in [0.15, 0.2) is 5.16 Å². The van der Waals surface area contributed by atoms with Crippen molar-refractivity contribution < 1.29 is 0 Å². The highest BCUT2D eigenvalue weighted by molar-refractivity contribution is 7.99. The van der Waals surface area contributed by atoms with Crippen molar-refractivity contribution in [2.45, 2.75) is 24.0 Å². The van der Waals surface area contributed by atoms with Crippen LogP contribution in [0.5, 0.6) is 0 Å². The zero-order chi connectivity index (χ0) is 13.0. The Hall–Kier alpha value is -1.89. The monoisotopic (exact) mass is 263 g/mol. The fraction of sp³-hybridized carbons (Fsp3) is 0.273. The van der Waals surface area contributed by atoms with Crippen LogP contribution < -0.4 is 10.9 Å². The van der Waals surface area contributed by atoms with E-state index >= 15 is 0 Å². The summed E-state index contributed by atoms with van der Waals surface area (Å²) in [5.74, 6) is 0.582. The molecule has 7 heteroatoms. The second-order valence-electron chi connectivity index (χ2n) is 3.54. The van der Waals surface area contributed by atoms with Gasteiger partial charge in [0.25, 0.3) is 5.56 Å². The van der Waals surface area contributed by atoms with Gasteiger partial charge in [-0.05, 0) is 31.7 Å². The molecule has 2 heterocycles. The number of H-pyrrole nitrogens is 1. The van der Waals surface area contributed by atoms with Crippen LogP contribution >= 0.6 is 11.8 Å². The minimum Gasteiger partial charge on any atom is -0.354 e. The molecule has 0 fully saturated rings. The molecule has 0 saturated carbocycles. The van der Waals surface area contributed by atoms with E-state index in [1.165, 1.54) is 24.0 Å². The quantitative estimate of drug-likeness (QED) is 0.641. The highest BCUT2D eigenvalue weighted by Crippen LogP contribution is 2.22. The minimum atomic E-state index is -0.176. The molecule has 0 radical (unpaired) electrons. The fourth-order valence-electron chi connectivity index (χ4n) is 1.33. The maximum Gasteiger partial charge on any atom is 0.251 e. The first-order valence-electron chi connectivity index (χ1n) is 5.50. The summed E-state index contributed by atoms with van der Waals surface area (Å²) in [5.41, 5.74) is 0.687. The Morgan fingerprint density at radius 2 is 2.28 bits per heavy atom. The van der Waals surface area contributed by atoms with E-state index in [0.29, 0.717) is 11.1 Å². The summed E-state index contributed by atoms with van der Waals surface area (Å²) in [4.78, 5) is 26.5. The lowest BCUT2D eigenvalue weighted by atomic mass is 10.5. The average molecular weight is 263 g/mol. The molecule has 2 rings (SSSR count). The summed E-state index contributed by atoms with van der Waals surface area (Å²) in [6.07, 6.45) is 1.47. The van der Waals surface area contributed by atoms with E-state index in [0.717, 1.165) is 17.3 Å². The number of aromatic nitrogens is 4. The number of aryl methyl sites for hydroxylation is 1. The topological polar surface area (TPSA) is 83.6 Å². The Morgan fingerprint density at radius 3 is 3.00 bits per heavy atom. The zero-order valence-corrected chi connectivity index (χ0v) is 10.9. The van der Waals surface area contributed by atoms with Gasteiger partial charge in [-0.25, -0.2) is 15.0 Å². The lowest BCUT2D eigenvalue weighted by molar-refractivity contribution is 0.925. The summed E-state index contributed by atoms with van der Waals surface area (Å²) >= 11 is 1.30. The van der Waals surface area contributed by atoms with E-state index in [-0.39, 0.29) is 5.56 Å². The van der Waals surface area contributed by atoms with Crippen LogP contribution in [-0.2, 0) is 0 Å². The van der Waals surface area contributed by atoms with Crippen molar-refractivity contribution in [1.29, 1.82) is 0 Å². The van der Waals surface area contributed by atoms with Gasteiger partial charge in [0.1, 0.15) is 5.03 Å². The van der Waals surface area contributed by atoms with Crippen LogP contribution in [0.15, 0.2) is 33.3 Å². The van der Waals surface area contributed by atoms with E-state index in [1.807, 2.05) is 19.9 Å². The van der Waals surface area contributed by atoms with Crippen LogP contribution in [0.25, 0.3) is 0 Å². The molecule has 0 spiro atoms. The second kappa shape index (κ2) is 5.63. The molecular formula is C11H13N5OS. The molecular weight excluding hydrogens is 250 g/mol. The van der Waals surface area contributed by atoms with Crippen molar-refractivity contribution in [2.75, 3.05) is 11.9 Å². The predicted octanol–water partition coefficient (Wildman–Crippen LogP) is 1.45. The Bertz CT molecular complexity index is 598. The normalized spacial score (nSPS) is 10.3. The van der Waals surface area contributed by atoms with Crippen LogP contribution in [-0.4, -0.2) is 26.5 Å². The lowest BCUT2D eigenvalue weighted by Gasteiger charge is -2.05. The number of rotatable bonds is 4. The van der Waals surface area contributed by atoms with Crippen LogP contribution in [0.4, 0.5) is 5.95 Å². The van der Waals surface area contributed by atoms with Crippen LogP contribution in [0, 0.1) is 6.92 Å². The van der Waals surface area contributed by atoms with Gasteiger partial charge in [-0.2, -0.15) is 0 Å². The fourth-order valence-corrected chi connectivity index (χ4v) is 2.16. The van der Waals surface area contributed by atoms with Gasteiger partial charge in [-0.1, -0.05) is 0 Å². The first-order chi connectivity index (χ1) is 8.67. The number of nitrogens with one attached hydrogen (secondary N) is 2. The molecule has 18 heavy (non-hydrogen) atoms. The number of anilines is 1. The Kier molecular flexibility index (Phi) is 3.93. The SMILES string of the molecule is CCNc1nc(C)cc(Sc2nccc(=O)[nH]2)n1. The standard InChI is InChI=1S/C11H13N5OS/c1-3-12-10-14-7(2)6-9(16-10)18-11-13-5-4-8(17)15-11/h4-6H,3H2,1-2H3,(H,12,14,16)(H,13,15,17). The van der Waals surface area contributed by atoms with Crippen molar-refractivity contribution in [3.05, 3.63) is 34.4 Å². The summed E-state index contributed by atoms with van der Waals surface area (Å²) in [7, 11) is 0. The van der Waals surface area contributed by atoms with Gasteiger partial charge in [0.05, 0.1) is 0 Å². The third-order valence-corrected chi connectivity index (χ3v) is 2.83. The second-order valence-corrected chi connectivity index (χ2v) is 4.55. The molecule has 0 saturated heterocycles. The van der Waals surface area contributed by atoms with Gasteiger partial charge in [0, 0.05) is 24.5 Å². The summed E-state index contributed by atoms with van der Waals surface area (Å²) in [5, 5.41) is 4.32.